The number of benzene rings is 1. The van der Waals surface area contributed by atoms with E-state index < -0.39 is 17.8 Å². The lowest BCUT2D eigenvalue weighted by molar-refractivity contribution is -0.122. The van der Waals surface area contributed by atoms with Crippen molar-refractivity contribution in [2.24, 2.45) is 0 Å². The molecule has 0 atom stereocenters. The Kier molecular flexibility index (Phi) is 5.04. The van der Waals surface area contributed by atoms with Gasteiger partial charge in [0, 0.05) is 31.1 Å². The van der Waals surface area contributed by atoms with Crippen molar-refractivity contribution in [3.8, 4) is 11.5 Å². The van der Waals surface area contributed by atoms with Gasteiger partial charge in [-0.15, -0.1) is 0 Å². The number of carbonyl (C=O) groups excluding carboxylic acids is 3. The highest BCUT2D eigenvalue weighted by atomic mass is 16.7. The lowest BCUT2D eigenvalue weighted by atomic mass is 10.1. The number of aromatic nitrogens is 1. The van der Waals surface area contributed by atoms with E-state index in [1.54, 1.807) is 19.2 Å². The van der Waals surface area contributed by atoms with Gasteiger partial charge in [-0.1, -0.05) is 0 Å². The number of rotatable bonds is 5. The van der Waals surface area contributed by atoms with Crippen LogP contribution >= 0.6 is 0 Å². The van der Waals surface area contributed by atoms with Crippen molar-refractivity contribution in [3.05, 3.63) is 46.8 Å². The molecule has 156 valence electrons. The largest absolute Gasteiger partial charge is 0.454 e. The number of anilines is 1. The molecule has 1 aromatic heterocycles. The minimum Gasteiger partial charge on any atom is -0.454 e. The summed E-state index contributed by atoms with van der Waals surface area (Å²) in [6.07, 6.45) is 1.51. The molecule has 0 bridgehead atoms. The van der Waals surface area contributed by atoms with Gasteiger partial charge in [-0.3, -0.25) is 14.9 Å². The summed E-state index contributed by atoms with van der Waals surface area (Å²) in [4.78, 5) is 38.9. The maximum atomic E-state index is 13.1. The number of hydrogen-bond acceptors (Lipinski definition) is 6. The summed E-state index contributed by atoms with van der Waals surface area (Å²) in [5.74, 6) is -0.482. The summed E-state index contributed by atoms with van der Waals surface area (Å²) in [5.41, 5.74) is 2.75. The molecule has 1 fully saturated rings. The second-order valence-corrected chi connectivity index (χ2v) is 6.97. The SMILES string of the molecule is COCCn1c(C)cc(/C=C2\C(=O)NC(=O)N(c3ccc4c(c3)OCO4)C2=O)c1C. The van der Waals surface area contributed by atoms with Crippen molar-refractivity contribution < 1.29 is 28.6 Å². The zero-order valence-electron chi connectivity index (χ0n) is 16.9. The summed E-state index contributed by atoms with van der Waals surface area (Å²) in [5, 5.41) is 2.23. The molecule has 4 rings (SSSR count). The smallest absolute Gasteiger partial charge is 0.335 e. The Morgan fingerprint density at radius 1 is 1.13 bits per heavy atom. The number of carbonyl (C=O) groups is 3. The monoisotopic (exact) mass is 411 g/mol. The molecular weight excluding hydrogens is 390 g/mol. The molecule has 2 aromatic rings. The van der Waals surface area contributed by atoms with E-state index in [4.69, 9.17) is 14.2 Å². The highest BCUT2D eigenvalue weighted by Crippen LogP contribution is 2.36. The summed E-state index contributed by atoms with van der Waals surface area (Å²) in [6, 6.07) is 5.78. The number of imide groups is 2. The fourth-order valence-corrected chi connectivity index (χ4v) is 3.57. The Bertz CT molecular complexity index is 1080. The van der Waals surface area contributed by atoms with Gasteiger partial charge in [-0.2, -0.15) is 0 Å². The van der Waals surface area contributed by atoms with Gasteiger partial charge in [0.15, 0.2) is 11.5 Å². The Labute approximate surface area is 172 Å². The number of hydrogen-bond donors (Lipinski definition) is 1. The number of methoxy groups -OCH3 is 1. The fraction of sp³-hybridized carbons (Fsp3) is 0.286. The predicted molar refractivity (Wildman–Crippen MR) is 107 cm³/mol. The number of nitrogens with zero attached hydrogens (tertiary/aromatic N) is 2. The average molecular weight is 411 g/mol. The van der Waals surface area contributed by atoms with E-state index in [9.17, 15) is 14.4 Å². The van der Waals surface area contributed by atoms with E-state index in [1.165, 1.54) is 12.1 Å². The fourth-order valence-electron chi connectivity index (χ4n) is 3.57. The maximum Gasteiger partial charge on any atom is 0.335 e. The van der Waals surface area contributed by atoms with Crippen molar-refractivity contribution in [1.29, 1.82) is 0 Å². The van der Waals surface area contributed by atoms with E-state index in [0.29, 0.717) is 24.7 Å². The van der Waals surface area contributed by atoms with Crippen LogP contribution in [-0.4, -0.2) is 42.9 Å². The summed E-state index contributed by atoms with van der Waals surface area (Å²) in [6.45, 7) is 5.11. The van der Waals surface area contributed by atoms with Crippen molar-refractivity contribution >= 4 is 29.6 Å². The summed E-state index contributed by atoms with van der Waals surface area (Å²) >= 11 is 0. The second-order valence-electron chi connectivity index (χ2n) is 6.97. The van der Waals surface area contributed by atoms with Crippen LogP contribution in [0, 0.1) is 13.8 Å². The number of barbiturate groups is 1. The zero-order chi connectivity index (χ0) is 21.4. The molecule has 0 saturated carbocycles. The van der Waals surface area contributed by atoms with Crippen molar-refractivity contribution in [2.45, 2.75) is 20.4 Å². The van der Waals surface area contributed by atoms with Gasteiger partial charge < -0.3 is 18.8 Å². The predicted octanol–water partition coefficient (Wildman–Crippen LogP) is 2.15. The van der Waals surface area contributed by atoms with E-state index in [2.05, 4.69) is 5.32 Å². The number of fused-ring (bicyclic) bond motifs is 1. The molecule has 3 heterocycles. The molecule has 0 aliphatic carbocycles. The summed E-state index contributed by atoms with van der Waals surface area (Å²) < 4.78 is 17.8. The van der Waals surface area contributed by atoms with Crippen LogP contribution in [0.4, 0.5) is 10.5 Å². The van der Waals surface area contributed by atoms with E-state index in [-0.39, 0.29) is 18.1 Å². The lowest BCUT2D eigenvalue weighted by Gasteiger charge is -2.26. The van der Waals surface area contributed by atoms with Gasteiger partial charge in [-0.25, -0.2) is 9.69 Å². The highest BCUT2D eigenvalue weighted by molar-refractivity contribution is 6.39. The molecule has 0 unspecified atom stereocenters. The zero-order valence-corrected chi connectivity index (χ0v) is 16.9. The van der Waals surface area contributed by atoms with Gasteiger partial charge in [0.05, 0.1) is 12.3 Å². The standard InChI is InChI=1S/C21H21N3O6/c1-12-8-14(13(2)23(12)6-7-28-3)9-16-19(25)22-21(27)24(20(16)26)15-4-5-17-18(10-15)30-11-29-17/h4-5,8-10H,6-7,11H2,1-3H3,(H,22,25,27)/b16-9+. The van der Waals surface area contributed by atoms with Crippen molar-refractivity contribution in [1.82, 2.24) is 9.88 Å². The maximum absolute atomic E-state index is 13.1. The van der Waals surface area contributed by atoms with Gasteiger partial charge in [-0.05, 0) is 43.7 Å². The van der Waals surface area contributed by atoms with Crippen LogP contribution in [0.5, 0.6) is 11.5 Å². The molecule has 9 heteroatoms. The Balaban J connectivity index is 1.69. The molecule has 1 aromatic carbocycles. The minimum absolute atomic E-state index is 0.0707. The third-order valence-electron chi connectivity index (χ3n) is 5.15. The molecule has 2 aliphatic heterocycles. The highest BCUT2D eigenvalue weighted by Gasteiger charge is 2.37. The lowest BCUT2D eigenvalue weighted by Crippen LogP contribution is -2.54. The van der Waals surface area contributed by atoms with Gasteiger partial charge >= 0.3 is 6.03 Å². The third-order valence-corrected chi connectivity index (χ3v) is 5.15. The van der Waals surface area contributed by atoms with E-state index >= 15 is 0 Å². The third kappa shape index (κ3) is 3.33. The first kappa shape index (κ1) is 19.7. The summed E-state index contributed by atoms with van der Waals surface area (Å²) in [7, 11) is 1.63. The molecule has 9 nitrogen and oxygen atoms in total. The quantitative estimate of drug-likeness (QED) is 0.598. The van der Waals surface area contributed by atoms with E-state index in [1.807, 2.05) is 24.5 Å². The van der Waals surface area contributed by atoms with Crippen molar-refractivity contribution in [3.63, 3.8) is 0 Å². The molecule has 1 N–H and O–H groups in total. The second kappa shape index (κ2) is 7.68. The number of ether oxygens (including phenoxy) is 3. The van der Waals surface area contributed by atoms with Crippen LogP contribution in [0.2, 0.25) is 0 Å². The first-order chi connectivity index (χ1) is 14.4. The van der Waals surface area contributed by atoms with Crippen LogP contribution in [0.15, 0.2) is 29.8 Å². The van der Waals surface area contributed by atoms with Crippen LogP contribution in [-0.2, 0) is 20.9 Å². The first-order valence-electron chi connectivity index (χ1n) is 9.37. The van der Waals surface area contributed by atoms with Gasteiger partial charge in [0.2, 0.25) is 6.79 Å². The first-order valence-corrected chi connectivity index (χ1v) is 9.37. The Hall–Kier alpha value is -3.59. The number of urea groups is 1. The topological polar surface area (TPSA) is 99.1 Å². The van der Waals surface area contributed by atoms with Gasteiger partial charge in [0.1, 0.15) is 5.57 Å². The van der Waals surface area contributed by atoms with Crippen LogP contribution in [0.1, 0.15) is 17.0 Å². The van der Waals surface area contributed by atoms with Crippen LogP contribution in [0.3, 0.4) is 0 Å². The average Bonchev–Trinajstić information content (AvgIpc) is 3.27. The van der Waals surface area contributed by atoms with Crippen molar-refractivity contribution in [2.75, 3.05) is 25.4 Å². The molecule has 0 radical (unpaired) electrons. The number of nitrogens with one attached hydrogen (secondary N) is 1. The Morgan fingerprint density at radius 3 is 2.67 bits per heavy atom. The van der Waals surface area contributed by atoms with E-state index in [0.717, 1.165) is 21.9 Å². The normalized spacial score (nSPS) is 17.1. The molecule has 1 saturated heterocycles. The number of aryl methyl sites for hydroxylation is 1. The Morgan fingerprint density at radius 2 is 1.90 bits per heavy atom. The number of amides is 4. The molecular formula is C21H21N3O6. The minimum atomic E-state index is -0.813. The van der Waals surface area contributed by atoms with Crippen LogP contribution in [0.25, 0.3) is 6.08 Å². The van der Waals surface area contributed by atoms with Crippen LogP contribution < -0.4 is 19.7 Å². The molecule has 4 amide bonds. The van der Waals surface area contributed by atoms with Gasteiger partial charge in [0.25, 0.3) is 11.8 Å². The molecule has 0 spiro atoms. The molecule has 2 aliphatic rings. The molecule has 30 heavy (non-hydrogen) atoms.